The molecule has 2 aromatic heterocycles. The van der Waals surface area contributed by atoms with E-state index in [-0.39, 0.29) is 0 Å². The topological polar surface area (TPSA) is 95.7 Å². The predicted molar refractivity (Wildman–Crippen MR) is 63.3 cm³/mol. The number of anilines is 1. The Morgan fingerprint density at radius 2 is 2.06 bits per heavy atom. The van der Waals surface area contributed by atoms with E-state index in [1.54, 1.807) is 23.1 Å². The first-order chi connectivity index (χ1) is 8.81. The van der Waals surface area contributed by atoms with Crippen molar-refractivity contribution in [1.82, 2.24) is 24.9 Å². The molecular weight excluding hydrogens is 232 g/mol. The molecule has 2 heterocycles. The third-order valence-electron chi connectivity index (χ3n) is 2.40. The smallest absolute Gasteiger partial charge is 0.248 e. The highest BCUT2D eigenvalue weighted by Crippen LogP contribution is 2.17. The molecule has 0 aliphatic rings. The quantitative estimate of drug-likeness (QED) is 0.687. The third-order valence-corrected chi connectivity index (χ3v) is 2.40. The molecule has 2 N–H and O–H groups in total. The van der Waals surface area contributed by atoms with Gasteiger partial charge in [0, 0.05) is 11.3 Å². The lowest BCUT2D eigenvalue weighted by atomic mass is 10.2. The maximum Gasteiger partial charge on any atom is 0.248 e. The molecule has 0 spiro atoms. The molecule has 18 heavy (non-hydrogen) atoms. The molecule has 7 heteroatoms. The van der Waals surface area contributed by atoms with Gasteiger partial charge >= 0.3 is 0 Å². The molecule has 3 rings (SSSR count). The van der Waals surface area contributed by atoms with Crippen LogP contribution in [0.5, 0.6) is 0 Å². The van der Waals surface area contributed by atoms with E-state index in [1.807, 2.05) is 12.1 Å². The fraction of sp³-hybridized carbons (Fsp3) is 0.0909. The molecule has 0 aliphatic heterocycles. The molecule has 0 unspecified atom stereocenters. The fourth-order valence-electron chi connectivity index (χ4n) is 1.52. The highest BCUT2D eigenvalue weighted by molar-refractivity contribution is 5.57. The Morgan fingerprint density at radius 1 is 1.22 bits per heavy atom. The molecule has 0 atom stereocenters. The Labute approximate surface area is 102 Å². The molecular formula is C11H10N6O. The van der Waals surface area contributed by atoms with Crippen LogP contribution in [0.15, 0.2) is 41.4 Å². The van der Waals surface area contributed by atoms with Gasteiger partial charge in [-0.3, -0.25) is 0 Å². The van der Waals surface area contributed by atoms with E-state index in [0.29, 0.717) is 23.9 Å². The molecule has 0 fully saturated rings. The first-order valence-electron chi connectivity index (χ1n) is 5.32. The van der Waals surface area contributed by atoms with Crippen molar-refractivity contribution in [3.63, 3.8) is 0 Å². The Hall–Kier alpha value is -2.70. The van der Waals surface area contributed by atoms with Crippen LogP contribution in [0.2, 0.25) is 0 Å². The Morgan fingerprint density at radius 3 is 2.78 bits per heavy atom. The van der Waals surface area contributed by atoms with Gasteiger partial charge in [0.1, 0.15) is 19.2 Å². The number of rotatable bonds is 3. The van der Waals surface area contributed by atoms with Crippen LogP contribution in [-0.4, -0.2) is 24.9 Å². The first kappa shape index (κ1) is 10.5. The minimum absolute atomic E-state index is 0.405. The highest BCUT2D eigenvalue weighted by atomic mass is 16.5. The molecule has 0 saturated carbocycles. The van der Waals surface area contributed by atoms with E-state index in [9.17, 15) is 0 Å². The highest BCUT2D eigenvalue weighted by Gasteiger charge is 2.09. The summed E-state index contributed by atoms with van der Waals surface area (Å²) in [5.74, 6) is 1.01. The minimum atomic E-state index is 0.405. The average molecular weight is 242 g/mol. The number of hydrogen-bond donors (Lipinski definition) is 1. The van der Waals surface area contributed by atoms with Crippen LogP contribution in [0.25, 0.3) is 11.4 Å². The van der Waals surface area contributed by atoms with Crippen LogP contribution in [-0.2, 0) is 6.54 Å². The summed E-state index contributed by atoms with van der Waals surface area (Å²) in [6.07, 6.45) is 3.05. The zero-order chi connectivity index (χ0) is 12.4. The summed E-state index contributed by atoms with van der Waals surface area (Å²) in [4.78, 5) is 8.12. The van der Waals surface area contributed by atoms with Gasteiger partial charge in [-0.2, -0.15) is 10.1 Å². The number of benzene rings is 1. The van der Waals surface area contributed by atoms with Gasteiger partial charge < -0.3 is 10.3 Å². The number of nitrogen functional groups attached to an aromatic ring is 1. The second-order valence-corrected chi connectivity index (χ2v) is 3.73. The molecule has 7 nitrogen and oxygen atoms in total. The van der Waals surface area contributed by atoms with Crippen molar-refractivity contribution in [3.05, 3.63) is 42.8 Å². The van der Waals surface area contributed by atoms with Crippen molar-refractivity contribution in [2.24, 2.45) is 0 Å². The average Bonchev–Trinajstić information content (AvgIpc) is 3.02. The van der Waals surface area contributed by atoms with Crippen molar-refractivity contribution in [3.8, 4) is 11.4 Å². The van der Waals surface area contributed by atoms with E-state index >= 15 is 0 Å². The van der Waals surface area contributed by atoms with Crippen LogP contribution in [0.4, 0.5) is 5.69 Å². The van der Waals surface area contributed by atoms with Crippen LogP contribution in [0.1, 0.15) is 5.89 Å². The number of hydrogen-bond acceptors (Lipinski definition) is 6. The summed E-state index contributed by atoms with van der Waals surface area (Å²) >= 11 is 0. The van der Waals surface area contributed by atoms with E-state index in [1.165, 1.54) is 6.33 Å². The zero-order valence-electron chi connectivity index (χ0n) is 9.39. The van der Waals surface area contributed by atoms with Crippen molar-refractivity contribution in [1.29, 1.82) is 0 Å². The largest absolute Gasteiger partial charge is 0.399 e. The monoisotopic (exact) mass is 242 g/mol. The molecule has 0 radical (unpaired) electrons. The first-order valence-corrected chi connectivity index (χ1v) is 5.32. The SMILES string of the molecule is Nc1ccc(-c2noc(Cn3cncn3)n2)cc1. The number of nitrogens with two attached hydrogens (primary N) is 1. The standard InChI is InChI=1S/C11H10N6O/c12-9-3-1-8(2-4-9)11-15-10(18-16-11)5-17-7-13-6-14-17/h1-4,6-7H,5,12H2. The van der Waals surface area contributed by atoms with Gasteiger partial charge in [-0.1, -0.05) is 5.16 Å². The molecule has 3 aromatic rings. The summed E-state index contributed by atoms with van der Waals surface area (Å²) in [6.45, 7) is 0.405. The molecule has 1 aromatic carbocycles. The molecule has 0 amide bonds. The maximum absolute atomic E-state index is 5.62. The van der Waals surface area contributed by atoms with E-state index < -0.39 is 0 Å². The van der Waals surface area contributed by atoms with Gasteiger partial charge in [0.2, 0.25) is 11.7 Å². The van der Waals surface area contributed by atoms with Gasteiger partial charge in [-0.15, -0.1) is 0 Å². The second kappa shape index (κ2) is 4.28. The lowest BCUT2D eigenvalue weighted by molar-refractivity contribution is 0.366. The molecule has 0 aliphatic carbocycles. The fourth-order valence-corrected chi connectivity index (χ4v) is 1.52. The van der Waals surface area contributed by atoms with Crippen molar-refractivity contribution >= 4 is 5.69 Å². The van der Waals surface area contributed by atoms with Crippen LogP contribution < -0.4 is 5.73 Å². The number of nitrogens with zero attached hydrogens (tertiary/aromatic N) is 5. The maximum atomic E-state index is 5.62. The van der Waals surface area contributed by atoms with E-state index in [4.69, 9.17) is 10.3 Å². The van der Waals surface area contributed by atoms with E-state index in [2.05, 4.69) is 20.2 Å². The lowest BCUT2D eigenvalue weighted by Gasteiger charge is -1.94. The van der Waals surface area contributed by atoms with Gasteiger partial charge in [-0.25, -0.2) is 9.67 Å². The van der Waals surface area contributed by atoms with Crippen LogP contribution in [0, 0.1) is 0 Å². The summed E-state index contributed by atoms with van der Waals surface area (Å²) in [5.41, 5.74) is 7.18. The Balaban J connectivity index is 1.83. The molecule has 0 bridgehead atoms. The number of aromatic nitrogens is 5. The van der Waals surface area contributed by atoms with Crippen molar-refractivity contribution in [2.45, 2.75) is 6.54 Å². The van der Waals surface area contributed by atoms with Crippen LogP contribution >= 0.6 is 0 Å². The molecule has 0 saturated heterocycles. The zero-order valence-corrected chi connectivity index (χ0v) is 9.39. The summed E-state index contributed by atoms with van der Waals surface area (Å²) < 4.78 is 6.75. The normalized spacial score (nSPS) is 10.7. The van der Waals surface area contributed by atoms with Crippen LogP contribution in [0.3, 0.4) is 0 Å². The van der Waals surface area contributed by atoms with E-state index in [0.717, 1.165) is 5.56 Å². The van der Waals surface area contributed by atoms with Crippen molar-refractivity contribution in [2.75, 3.05) is 5.73 Å². The summed E-state index contributed by atoms with van der Waals surface area (Å²) in [5, 5.41) is 7.87. The third kappa shape index (κ3) is 2.05. The van der Waals surface area contributed by atoms with Gasteiger partial charge in [0.25, 0.3) is 0 Å². The Bertz CT molecular complexity index is 628. The lowest BCUT2D eigenvalue weighted by Crippen LogP contribution is -1.99. The van der Waals surface area contributed by atoms with Crippen molar-refractivity contribution < 1.29 is 4.52 Å². The van der Waals surface area contributed by atoms with Gasteiger partial charge in [-0.05, 0) is 24.3 Å². The predicted octanol–water partition coefficient (Wildman–Crippen LogP) is 0.959. The minimum Gasteiger partial charge on any atom is -0.399 e. The summed E-state index contributed by atoms with van der Waals surface area (Å²) in [7, 11) is 0. The van der Waals surface area contributed by atoms with Gasteiger partial charge in [0.15, 0.2) is 0 Å². The molecule has 90 valence electrons. The Kier molecular flexibility index (Phi) is 2.49. The van der Waals surface area contributed by atoms with Gasteiger partial charge in [0.05, 0.1) is 0 Å². The second-order valence-electron chi connectivity index (χ2n) is 3.73. The summed E-state index contributed by atoms with van der Waals surface area (Å²) in [6, 6.07) is 7.28.